The maximum Gasteiger partial charge on any atom is 0.217 e. The van der Waals surface area contributed by atoms with Crippen LogP contribution in [0.4, 0.5) is 0 Å². The normalized spacial score (nSPS) is 19.4. The van der Waals surface area contributed by atoms with Crippen molar-refractivity contribution in [3.63, 3.8) is 0 Å². The van der Waals surface area contributed by atoms with Gasteiger partial charge in [0.25, 0.3) is 0 Å². The molecule has 1 N–H and O–H groups in total. The molecule has 0 aliphatic heterocycles. The van der Waals surface area contributed by atoms with Gasteiger partial charge in [0.05, 0.1) is 4.75 Å². The minimum absolute atomic E-state index is 0.0227. The first kappa shape index (κ1) is 12.3. The molecule has 7 heteroatoms. The lowest BCUT2D eigenvalue weighted by molar-refractivity contribution is 0.482. The Labute approximate surface area is 89.7 Å². The average molecular weight is 232 g/mol. The van der Waals surface area contributed by atoms with Crippen molar-refractivity contribution >= 4 is 10.0 Å². The minimum Gasteiger partial charge on any atom is -0.212 e. The molecule has 15 heavy (non-hydrogen) atoms. The van der Waals surface area contributed by atoms with Crippen molar-refractivity contribution in [2.45, 2.75) is 43.9 Å². The van der Waals surface area contributed by atoms with Gasteiger partial charge in [-0.25, -0.2) is 13.1 Å². The van der Waals surface area contributed by atoms with Gasteiger partial charge in [0, 0.05) is 17.0 Å². The van der Waals surface area contributed by atoms with Crippen molar-refractivity contribution in [1.29, 1.82) is 0 Å². The molecule has 0 spiro atoms. The van der Waals surface area contributed by atoms with Gasteiger partial charge in [-0.2, -0.15) is 0 Å². The fraction of sp³-hybridized carbons (Fsp3) is 1.00. The van der Waals surface area contributed by atoms with Gasteiger partial charge >= 0.3 is 0 Å². The van der Waals surface area contributed by atoms with Crippen molar-refractivity contribution in [2.24, 2.45) is 5.11 Å². The van der Waals surface area contributed by atoms with E-state index in [1.54, 1.807) is 20.8 Å². The predicted octanol–water partition coefficient (Wildman–Crippen LogP) is 1.55. The van der Waals surface area contributed by atoms with Gasteiger partial charge in [-0.3, -0.25) is 0 Å². The molecular weight excluding hydrogens is 216 g/mol. The van der Waals surface area contributed by atoms with Gasteiger partial charge in [0.2, 0.25) is 10.0 Å². The Bertz CT molecular complexity index is 385. The summed E-state index contributed by atoms with van der Waals surface area (Å²) in [7, 11) is -3.39. The lowest BCUT2D eigenvalue weighted by Gasteiger charge is -2.24. The van der Waals surface area contributed by atoms with E-state index in [1.165, 1.54) is 0 Å². The van der Waals surface area contributed by atoms with Crippen molar-refractivity contribution in [1.82, 2.24) is 4.72 Å². The van der Waals surface area contributed by atoms with Crippen LogP contribution in [0.25, 0.3) is 10.4 Å². The molecule has 0 unspecified atom stereocenters. The van der Waals surface area contributed by atoms with Crippen LogP contribution in [0.15, 0.2) is 5.11 Å². The highest BCUT2D eigenvalue weighted by molar-refractivity contribution is 7.91. The topological polar surface area (TPSA) is 94.9 Å². The summed E-state index contributed by atoms with van der Waals surface area (Å²) in [5, 5.41) is 3.36. The molecule has 0 atom stereocenters. The second kappa shape index (κ2) is 3.66. The second-order valence-corrected chi connectivity index (χ2v) is 7.00. The minimum atomic E-state index is -3.39. The summed E-state index contributed by atoms with van der Waals surface area (Å²) in [5.41, 5.74) is 7.70. The van der Waals surface area contributed by atoms with Gasteiger partial charge in [0.15, 0.2) is 0 Å². The largest absolute Gasteiger partial charge is 0.217 e. The zero-order chi connectivity index (χ0) is 11.7. The summed E-state index contributed by atoms with van der Waals surface area (Å²) in [6.07, 6.45) is 1.13. The number of nitrogens with one attached hydrogen (secondary N) is 1. The third-order valence-corrected chi connectivity index (χ3v) is 4.80. The highest BCUT2D eigenvalue weighted by atomic mass is 32.2. The summed E-state index contributed by atoms with van der Waals surface area (Å²) in [6, 6.07) is 0. The summed E-state index contributed by atoms with van der Waals surface area (Å²) in [6.45, 7) is 5.38. The SMILES string of the molecule is CC(C)(C)NS(=O)(=O)C1(CN=[N+]=[N-])CC1. The Kier molecular flexibility index (Phi) is 3.00. The molecule has 0 bridgehead atoms. The van der Waals surface area contributed by atoms with Crippen LogP contribution < -0.4 is 4.72 Å². The van der Waals surface area contributed by atoms with E-state index in [2.05, 4.69) is 14.7 Å². The van der Waals surface area contributed by atoms with Crippen LogP contribution in [-0.4, -0.2) is 25.2 Å². The zero-order valence-electron chi connectivity index (χ0n) is 9.19. The molecule has 0 heterocycles. The molecule has 0 radical (unpaired) electrons. The molecule has 0 saturated heterocycles. The standard InChI is InChI=1S/C8H16N4O2S/c1-7(2,3)11-15(13,14)8(4-5-8)6-10-12-9/h11H,4-6H2,1-3H3. The first-order valence-corrected chi connectivity index (χ1v) is 6.25. The fourth-order valence-corrected chi connectivity index (χ4v) is 3.21. The maximum absolute atomic E-state index is 11.9. The first-order chi connectivity index (χ1) is 6.72. The van der Waals surface area contributed by atoms with Gasteiger partial charge < -0.3 is 0 Å². The lowest BCUT2D eigenvalue weighted by Crippen LogP contribution is -2.47. The van der Waals surface area contributed by atoms with Crippen LogP contribution >= 0.6 is 0 Å². The van der Waals surface area contributed by atoms with Crippen molar-refractivity contribution in [2.75, 3.05) is 6.54 Å². The molecule has 1 aliphatic carbocycles. The van der Waals surface area contributed by atoms with E-state index >= 15 is 0 Å². The van der Waals surface area contributed by atoms with Gasteiger partial charge in [0.1, 0.15) is 0 Å². The Balaban J connectivity index is 2.82. The quantitative estimate of drug-likeness (QED) is 0.452. The van der Waals surface area contributed by atoms with E-state index in [4.69, 9.17) is 5.53 Å². The van der Waals surface area contributed by atoms with Crippen LogP contribution in [-0.2, 0) is 10.0 Å². The molecule has 0 aromatic carbocycles. The third-order valence-electron chi connectivity index (χ3n) is 2.24. The fourth-order valence-electron chi connectivity index (χ4n) is 1.32. The number of hydrogen-bond acceptors (Lipinski definition) is 3. The van der Waals surface area contributed by atoms with E-state index in [0.29, 0.717) is 12.8 Å². The third kappa shape index (κ3) is 2.84. The number of rotatable bonds is 4. The Morgan fingerprint density at radius 3 is 2.33 bits per heavy atom. The number of azide groups is 1. The van der Waals surface area contributed by atoms with Gasteiger partial charge in [-0.15, -0.1) is 0 Å². The summed E-state index contributed by atoms with van der Waals surface area (Å²) in [5.74, 6) is 0. The van der Waals surface area contributed by atoms with Crippen LogP contribution in [0.5, 0.6) is 0 Å². The molecule has 1 rings (SSSR count). The molecule has 0 amide bonds. The number of sulfonamides is 1. The average Bonchev–Trinajstić information content (AvgIpc) is 2.76. The monoisotopic (exact) mass is 232 g/mol. The Morgan fingerprint density at radius 2 is 2.00 bits per heavy atom. The second-order valence-electron chi connectivity index (χ2n) is 4.93. The van der Waals surface area contributed by atoms with Crippen LogP contribution in [0.3, 0.4) is 0 Å². The van der Waals surface area contributed by atoms with Gasteiger partial charge in [-0.05, 0) is 39.1 Å². The lowest BCUT2D eigenvalue weighted by atomic mass is 10.1. The molecule has 1 saturated carbocycles. The molecular formula is C8H16N4O2S. The first-order valence-electron chi connectivity index (χ1n) is 4.77. The summed E-state index contributed by atoms with van der Waals surface area (Å²) >= 11 is 0. The van der Waals surface area contributed by atoms with Gasteiger partial charge in [-0.1, -0.05) is 5.11 Å². The molecule has 0 aromatic rings. The maximum atomic E-state index is 11.9. The smallest absolute Gasteiger partial charge is 0.212 e. The van der Waals surface area contributed by atoms with E-state index in [-0.39, 0.29) is 6.54 Å². The molecule has 1 fully saturated rings. The van der Waals surface area contributed by atoms with Crippen LogP contribution in [0.1, 0.15) is 33.6 Å². The van der Waals surface area contributed by atoms with Crippen LogP contribution in [0, 0.1) is 0 Å². The Morgan fingerprint density at radius 1 is 1.47 bits per heavy atom. The van der Waals surface area contributed by atoms with Crippen LogP contribution in [0.2, 0.25) is 0 Å². The van der Waals surface area contributed by atoms with Crippen molar-refractivity contribution < 1.29 is 8.42 Å². The van der Waals surface area contributed by atoms with E-state index in [0.717, 1.165) is 0 Å². The zero-order valence-corrected chi connectivity index (χ0v) is 10.0. The number of nitrogens with zero attached hydrogens (tertiary/aromatic N) is 3. The highest BCUT2D eigenvalue weighted by Gasteiger charge is 2.54. The Hall–Kier alpha value is -0.780. The van der Waals surface area contributed by atoms with E-state index < -0.39 is 20.3 Å². The molecule has 86 valence electrons. The van der Waals surface area contributed by atoms with Crippen molar-refractivity contribution in [3.8, 4) is 0 Å². The van der Waals surface area contributed by atoms with E-state index in [9.17, 15) is 8.42 Å². The molecule has 0 aromatic heterocycles. The predicted molar refractivity (Wildman–Crippen MR) is 57.8 cm³/mol. The van der Waals surface area contributed by atoms with E-state index in [1.807, 2.05) is 0 Å². The van der Waals surface area contributed by atoms with Crippen molar-refractivity contribution in [3.05, 3.63) is 10.4 Å². The molecule has 6 nitrogen and oxygen atoms in total. The summed E-state index contributed by atoms with van der Waals surface area (Å²) < 4.78 is 25.6. The molecule has 1 aliphatic rings. The summed E-state index contributed by atoms with van der Waals surface area (Å²) in [4.78, 5) is 2.60. The highest BCUT2D eigenvalue weighted by Crippen LogP contribution is 2.43. The number of hydrogen-bond donors (Lipinski definition) is 1.